The van der Waals surface area contributed by atoms with Gasteiger partial charge in [-0.05, 0) is 18.2 Å². The van der Waals surface area contributed by atoms with E-state index in [-0.39, 0.29) is 12.4 Å². The van der Waals surface area contributed by atoms with Crippen molar-refractivity contribution >= 4 is 29.1 Å². The molecule has 0 aliphatic carbocycles. The zero-order valence-electron chi connectivity index (χ0n) is 6.27. The number of halogens is 1. The topological polar surface area (TPSA) is 51.8 Å². The molecule has 3 nitrogen and oxygen atoms in total. The molecule has 0 saturated heterocycles. The van der Waals surface area contributed by atoms with Gasteiger partial charge < -0.3 is 5.73 Å². The maximum atomic E-state index is 5.53. The first-order valence-electron chi connectivity index (χ1n) is 3.32. The van der Waals surface area contributed by atoms with E-state index in [0.29, 0.717) is 5.69 Å². The van der Waals surface area contributed by atoms with E-state index in [1.54, 1.807) is 12.4 Å². The lowest BCUT2D eigenvalue weighted by molar-refractivity contribution is 1.29. The number of hydrogen-bond donors (Lipinski definition) is 1. The molecule has 0 amide bonds. The number of anilines is 1. The van der Waals surface area contributed by atoms with Crippen molar-refractivity contribution in [2.24, 2.45) is 0 Å². The molecule has 12 heavy (non-hydrogen) atoms. The Morgan fingerprint density at radius 3 is 2.92 bits per heavy atom. The highest BCUT2D eigenvalue weighted by Gasteiger charge is 1.92. The Bertz CT molecular complexity index is 389. The summed E-state index contributed by atoms with van der Waals surface area (Å²) >= 11 is 0. The van der Waals surface area contributed by atoms with E-state index in [2.05, 4.69) is 9.97 Å². The van der Waals surface area contributed by atoms with Gasteiger partial charge in [-0.3, -0.25) is 0 Å². The summed E-state index contributed by atoms with van der Waals surface area (Å²) in [6.45, 7) is 0. The molecule has 2 heterocycles. The minimum Gasteiger partial charge on any atom is -0.397 e. The molecule has 0 aliphatic rings. The molecule has 0 bridgehead atoms. The predicted octanol–water partition coefficient (Wildman–Crippen LogP) is 1.63. The highest BCUT2D eigenvalue weighted by Crippen LogP contribution is 2.10. The summed E-state index contributed by atoms with van der Waals surface area (Å²) < 4.78 is 0. The number of nitrogens with two attached hydrogens (primary N) is 1. The van der Waals surface area contributed by atoms with Crippen LogP contribution in [0.3, 0.4) is 0 Å². The van der Waals surface area contributed by atoms with E-state index in [0.717, 1.165) is 11.0 Å². The van der Waals surface area contributed by atoms with E-state index >= 15 is 0 Å². The van der Waals surface area contributed by atoms with Gasteiger partial charge in [0.25, 0.3) is 0 Å². The Hall–Kier alpha value is -1.35. The largest absolute Gasteiger partial charge is 0.397 e. The third-order valence-electron chi connectivity index (χ3n) is 1.47. The van der Waals surface area contributed by atoms with Crippen molar-refractivity contribution in [3.8, 4) is 0 Å². The lowest BCUT2D eigenvalue weighted by Gasteiger charge is -1.95. The van der Waals surface area contributed by atoms with Crippen LogP contribution >= 0.6 is 12.4 Å². The fourth-order valence-corrected chi connectivity index (χ4v) is 0.982. The van der Waals surface area contributed by atoms with Crippen LogP contribution in [0.1, 0.15) is 0 Å². The average molecular weight is 182 g/mol. The first-order valence-corrected chi connectivity index (χ1v) is 3.32. The van der Waals surface area contributed by atoms with Crippen LogP contribution in [-0.4, -0.2) is 9.97 Å². The van der Waals surface area contributed by atoms with Crippen molar-refractivity contribution in [1.82, 2.24) is 9.97 Å². The fraction of sp³-hybridized carbons (Fsp3) is 0. The summed E-state index contributed by atoms with van der Waals surface area (Å²) in [6, 6.07) is 5.66. The van der Waals surface area contributed by atoms with Crippen LogP contribution in [0.4, 0.5) is 5.69 Å². The molecular formula is C8H8ClN3. The number of hydrogen-bond acceptors (Lipinski definition) is 3. The van der Waals surface area contributed by atoms with Crippen molar-refractivity contribution < 1.29 is 0 Å². The third kappa shape index (κ3) is 1.46. The van der Waals surface area contributed by atoms with Crippen LogP contribution in [0, 0.1) is 0 Å². The fourth-order valence-electron chi connectivity index (χ4n) is 0.982. The van der Waals surface area contributed by atoms with Crippen molar-refractivity contribution in [3.05, 3.63) is 30.6 Å². The molecule has 0 unspecified atom stereocenters. The summed E-state index contributed by atoms with van der Waals surface area (Å²) in [5, 5.41) is 0.979. The molecular weight excluding hydrogens is 174 g/mol. The van der Waals surface area contributed by atoms with Gasteiger partial charge >= 0.3 is 0 Å². The quantitative estimate of drug-likeness (QED) is 0.672. The molecule has 4 heteroatoms. The van der Waals surface area contributed by atoms with Gasteiger partial charge in [0.05, 0.1) is 11.9 Å². The summed E-state index contributed by atoms with van der Waals surface area (Å²) in [7, 11) is 0. The SMILES string of the molecule is Cl.Nc1cnc2ncccc2c1. The predicted molar refractivity (Wildman–Crippen MR) is 51.2 cm³/mol. The molecule has 62 valence electrons. The number of fused-ring (bicyclic) bond motifs is 1. The molecule has 0 radical (unpaired) electrons. The first kappa shape index (κ1) is 8.74. The lowest BCUT2D eigenvalue weighted by Crippen LogP contribution is -1.87. The van der Waals surface area contributed by atoms with Crippen molar-refractivity contribution in [3.63, 3.8) is 0 Å². The van der Waals surface area contributed by atoms with Crippen LogP contribution in [0.5, 0.6) is 0 Å². The maximum absolute atomic E-state index is 5.53. The standard InChI is InChI=1S/C8H7N3.ClH/c9-7-4-6-2-1-3-10-8(6)11-5-7;/h1-5H,9H2;1H. The summed E-state index contributed by atoms with van der Waals surface area (Å²) in [5.74, 6) is 0. The van der Waals surface area contributed by atoms with Gasteiger partial charge in [0.1, 0.15) is 0 Å². The van der Waals surface area contributed by atoms with E-state index in [9.17, 15) is 0 Å². The molecule has 0 aromatic carbocycles. The second-order valence-electron chi connectivity index (χ2n) is 2.32. The molecule has 2 rings (SSSR count). The van der Waals surface area contributed by atoms with Crippen LogP contribution in [-0.2, 0) is 0 Å². The van der Waals surface area contributed by atoms with Crippen LogP contribution < -0.4 is 5.73 Å². The number of aromatic nitrogens is 2. The Kier molecular flexibility index (Phi) is 2.45. The molecule has 2 aromatic heterocycles. The molecule has 0 atom stereocenters. The molecule has 0 aliphatic heterocycles. The normalized spacial score (nSPS) is 9.33. The highest BCUT2D eigenvalue weighted by molar-refractivity contribution is 5.85. The smallest absolute Gasteiger partial charge is 0.159 e. The Labute approximate surface area is 76.0 Å². The highest BCUT2D eigenvalue weighted by atomic mass is 35.5. The minimum absolute atomic E-state index is 0. The average Bonchev–Trinajstić information content (AvgIpc) is 2.04. The Morgan fingerprint density at radius 2 is 2.08 bits per heavy atom. The van der Waals surface area contributed by atoms with Gasteiger partial charge in [-0.15, -0.1) is 12.4 Å². The van der Waals surface area contributed by atoms with E-state index < -0.39 is 0 Å². The van der Waals surface area contributed by atoms with E-state index in [1.165, 1.54) is 0 Å². The molecule has 2 N–H and O–H groups in total. The molecule has 0 saturated carbocycles. The maximum Gasteiger partial charge on any atom is 0.159 e. The van der Waals surface area contributed by atoms with Crippen molar-refractivity contribution in [2.45, 2.75) is 0 Å². The van der Waals surface area contributed by atoms with Gasteiger partial charge in [-0.25, -0.2) is 9.97 Å². The van der Waals surface area contributed by atoms with Gasteiger partial charge in [0.15, 0.2) is 5.65 Å². The van der Waals surface area contributed by atoms with Crippen molar-refractivity contribution in [1.29, 1.82) is 0 Å². The number of pyridine rings is 2. The second kappa shape index (κ2) is 3.36. The summed E-state index contributed by atoms with van der Waals surface area (Å²) in [5.41, 5.74) is 6.94. The van der Waals surface area contributed by atoms with Crippen LogP contribution in [0.15, 0.2) is 30.6 Å². The van der Waals surface area contributed by atoms with E-state index in [4.69, 9.17) is 5.73 Å². The van der Waals surface area contributed by atoms with Gasteiger partial charge in [-0.1, -0.05) is 0 Å². The third-order valence-corrected chi connectivity index (χ3v) is 1.47. The number of nitrogens with zero attached hydrogens (tertiary/aromatic N) is 2. The van der Waals surface area contributed by atoms with Crippen LogP contribution in [0.2, 0.25) is 0 Å². The Balaban J connectivity index is 0.000000720. The lowest BCUT2D eigenvalue weighted by atomic mass is 10.3. The minimum atomic E-state index is 0. The van der Waals surface area contributed by atoms with Gasteiger partial charge in [0, 0.05) is 11.6 Å². The van der Waals surface area contributed by atoms with Gasteiger partial charge in [-0.2, -0.15) is 0 Å². The van der Waals surface area contributed by atoms with E-state index in [1.807, 2.05) is 18.2 Å². The van der Waals surface area contributed by atoms with Crippen LogP contribution in [0.25, 0.3) is 11.0 Å². The molecule has 2 aromatic rings. The molecule has 0 spiro atoms. The zero-order chi connectivity index (χ0) is 7.68. The summed E-state index contributed by atoms with van der Waals surface area (Å²) in [6.07, 6.45) is 3.32. The number of rotatable bonds is 0. The second-order valence-corrected chi connectivity index (χ2v) is 2.32. The zero-order valence-corrected chi connectivity index (χ0v) is 7.08. The summed E-state index contributed by atoms with van der Waals surface area (Å²) in [4.78, 5) is 8.10. The van der Waals surface area contributed by atoms with Gasteiger partial charge in [0.2, 0.25) is 0 Å². The Morgan fingerprint density at radius 1 is 1.25 bits per heavy atom. The first-order chi connectivity index (χ1) is 5.36. The monoisotopic (exact) mass is 181 g/mol. The van der Waals surface area contributed by atoms with Crippen molar-refractivity contribution in [2.75, 3.05) is 5.73 Å². The number of nitrogen functional groups attached to an aromatic ring is 1. The molecule has 0 fully saturated rings.